The van der Waals surface area contributed by atoms with Gasteiger partial charge in [0.25, 0.3) is 5.91 Å². The van der Waals surface area contributed by atoms with E-state index in [2.05, 4.69) is 66.2 Å². The Morgan fingerprint density at radius 1 is 1.12 bits per heavy atom. The summed E-state index contributed by atoms with van der Waals surface area (Å²) < 4.78 is 0. The van der Waals surface area contributed by atoms with E-state index in [4.69, 9.17) is 10.8 Å². The quantitative estimate of drug-likeness (QED) is 0.385. The molecule has 4 rings (SSSR count). The minimum Gasteiger partial charge on any atom is -0.395 e. The second-order valence-corrected chi connectivity index (χ2v) is 9.18. The number of H-pyrrole nitrogens is 1. The molecule has 2 aromatic carbocycles. The molecule has 0 saturated carbocycles. The number of fused-ring (bicyclic) bond motifs is 1. The number of hydrogen-bond donors (Lipinski definition) is 3. The normalized spacial score (nSPS) is 13.2. The van der Waals surface area contributed by atoms with Gasteiger partial charge >= 0.3 is 0 Å². The van der Waals surface area contributed by atoms with Crippen LogP contribution in [-0.4, -0.2) is 51.1 Å². The fraction of sp³-hybridized carbons (Fsp3) is 0.296. The summed E-state index contributed by atoms with van der Waals surface area (Å²) in [7, 11) is 1.69. The molecule has 0 saturated heterocycles. The molecule has 7 heteroatoms. The van der Waals surface area contributed by atoms with Gasteiger partial charge < -0.3 is 20.7 Å². The lowest BCUT2D eigenvalue weighted by atomic mass is 9.68. The summed E-state index contributed by atoms with van der Waals surface area (Å²) in [6.07, 6.45) is 5.52. The fourth-order valence-corrected chi connectivity index (χ4v) is 4.46. The van der Waals surface area contributed by atoms with Crippen molar-refractivity contribution in [3.63, 3.8) is 0 Å². The van der Waals surface area contributed by atoms with Crippen molar-refractivity contribution in [3.05, 3.63) is 77.7 Å². The fourth-order valence-electron chi connectivity index (χ4n) is 4.46. The average molecular weight is 458 g/mol. The Balaban J connectivity index is 1.72. The third-order valence-electron chi connectivity index (χ3n) is 6.91. The van der Waals surface area contributed by atoms with E-state index in [0.717, 1.165) is 22.0 Å². The first-order valence-corrected chi connectivity index (χ1v) is 11.4. The number of rotatable bonds is 7. The van der Waals surface area contributed by atoms with Crippen molar-refractivity contribution in [2.75, 3.05) is 25.9 Å². The number of nitrogens with two attached hydrogens (primary N) is 1. The number of aromatic nitrogens is 3. The molecular formula is C27H31N5O2. The molecule has 0 aliphatic carbocycles. The van der Waals surface area contributed by atoms with Crippen LogP contribution in [0.25, 0.3) is 22.0 Å². The van der Waals surface area contributed by atoms with Crippen molar-refractivity contribution in [1.82, 2.24) is 19.9 Å². The summed E-state index contributed by atoms with van der Waals surface area (Å²) in [5.74, 6) is 0.465. The summed E-state index contributed by atoms with van der Waals surface area (Å²) in [5.41, 5.74) is 11.2. The molecule has 2 heterocycles. The third-order valence-corrected chi connectivity index (χ3v) is 6.91. The second kappa shape index (κ2) is 9.27. The summed E-state index contributed by atoms with van der Waals surface area (Å²) >= 11 is 0. The lowest BCUT2D eigenvalue weighted by Crippen LogP contribution is -2.30. The van der Waals surface area contributed by atoms with E-state index >= 15 is 0 Å². The highest BCUT2D eigenvalue weighted by Gasteiger charge is 2.35. The molecule has 2 aromatic heterocycles. The minimum atomic E-state index is -0.256. The number of amides is 1. The lowest BCUT2D eigenvalue weighted by molar-refractivity contribution is 0.0767. The molecule has 4 aromatic rings. The molecule has 0 aliphatic rings. The van der Waals surface area contributed by atoms with E-state index < -0.39 is 0 Å². The summed E-state index contributed by atoms with van der Waals surface area (Å²) in [6.45, 7) is 6.95. The van der Waals surface area contributed by atoms with E-state index in [1.165, 1.54) is 16.0 Å². The number of carbonyl (C=O) groups is 1. The zero-order valence-electron chi connectivity index (χ0n) is 20.0. The van der Waals surface area contributed by atoms with Crippen molar-refractivity contribution >= 4 is 22.8 Å². The predicted octanol–water partition coefficient (Wildman–Crippen LogP) is 4.23. The molecule has 1 unspecified atom stereocenters. The van der Waals surface area contributed by atoms with Gasteiger partial charge in [-0.05, 0) is 34.7 Å². The van der Waals surface area contributed by atoms with Gasteiger partial charge in [-0.15, -0.1) is 0 Å². The van der Waals surface area contributed by atoms with Crippen LogP contribution >= 0.6 is 0 Å². The van der Waals surface area contributed by atoms with Crippen LogP contribution in [0.2, 0.25) is 0 Å². The lowest BCUT2D eigenvalue weighted by Gasteiger charge is -2.35. The Morgan fingerprint density at radius 2 is 1.79 bits per heavy atom. The van der Waals surface area contributed by atoms with Gasteiger partial charge in [0.15, 0.2) is 0 Å². The highest BCUT2D eigenvalue weighted by molar-refractivity contribution is 5.98. The molecule has 0 spiro atoms. The number of nitrogen functional groups attached to an aromatic ring is 1. The van der Waals surface area contributed by atoms with Crippen LogP contribution in [-0.2, 0) is 5.41 Å². The van der Waals surface area contributed by atoms with Gasteiger partial charge in [-0.3, -0.25) is 4.79 Å². The molecule has 0 radical (unpaired) electrons. The largest absolute Gasteiger partial charge is 0.395 e. The smallest absolute Gasteiger partial charge is 0.253 e. The molecule has 176 valence electrons. The Hall–Kier alpha value is -3.71. The molecular weight excluding hydrogens is 426 g/mol. The molecule has 34 heavy (non-hydrogen) atoms. The highest BCUT2D eigenvalue weighted by atomic mass is 16.3. The van der Waals surface area contributed by atoms with Crippen LogP contribution in [0.4, 0.5) is 5.95 Å². The minimum absolute atomic E-state index is 0.0615. The SMILES string of the molecule is CC(C)C(C)(c1ccc(-c2cnc(N)nc2)cc1)c1c[nH]c2cc(C(=O)N(C)CCO)ccc12. The van der Waals surface area contributed by atoms with Gasteiger partial charge in [0.05, 0.1) is 6.61 Å². The van der Waals surface area contributed by atoms with Gasteiger partial charge in [0, 0.05) is 59.6 Å². The first kappa shape index (κ1) is 23.4. The van der Waals surface area contributed by atoms with Crippen LogP contribution in [0, 0.1) is 5.92 Å². The molecule has 0 bridgehead atoms. The van der Waals surface area contributed by atoms with Gasteiger partial charge in [-0.1, -0.05) is 51.1 Å². The molecule has 0 aliphatic heterocycles. The van der Waals surface area contributed by atoms with Crippen LogP contribution < -0.4 is 5.73 Å². The van der Waals surface area contributed by atoms with Gasteiger partial charge in [-0.25, -0.2) is 9.97 Å². The van der Waals surface area contributed by atoms with Gasteiger partial charge in [-0.2, -0.15) is 0 Å². The Labute approximate surface area is 199 Å². The van der Waals surface area contributed by atoms with E-state index in [-0.39, 0.29) is 23.9 Å². The zero-order valence-corrected chi connectivity index (χ0v) is 20.0. The number of nitrogens with one attached hydrogen (secondary N) is 1. The van der Waals surface area contributed by atoms with Crippen molar-refractivity contribution in [3.8, 4) is 11.1 Å². The molecule has 4 N–H and O–H groups in total. The summed E-state index contributed by atoms with van der Waals surface area (Å²) in [5, 5.41) is 10.2. The van der Waals surface area contributed by atoms with Crippen molar-refractivity contribution in [2.24, 2.45) is 5.92 Å². The molecule has 0 fully saturated rings. The Morgan fingerprint density at radius 3 is 2.41 bits per heavy atom. The monoisotopic (exact) mass is 457 g/mol. The zero-order chi connectivity index (χ0) is 24.5. The standard InChI is InChI=1S/C27H31N5O2/c1-17(2)27(3,21-8-5-18(6-9-21)20-14-30-26(28)31-15-20)23-16-29-24-13-19(7-10-22(23)24)25(34)32(4)11-12-33/h5-10,13-17,29,33H,11-12H2,1-4H3,(H2,28,30,31). The maximum Gasteiger partial charge on any atom is 0.253 e. The number of likely N-dealkylation sites (N-methyl/N-ethyl adjacent to an activating group) is 1. The van der Waals surface area contributed by atoms with Crippen LogP contribution in [0.15, 0.2) is 61.1 Å². The van der Waals surface area contributed by atoms with E-state index in [1.54, 1.807) is 19.4 Å². The number of benzene rings is 2. The molecule has 1 amide bonds. The topological polar surface area (TPSA) is 108 Å². The van der Waals surface area contributed by atoms with Gasteiger partial charge in [0.1, 0.15) is 0 Å². The third kappa shape index (κ3) is 4.15. The van der Waals surface area contributed by atoms with Crippen LogP contribution in [0.5, 0.6) is 0 Å². The van der Waals surface area contributed by atoms with Crippen molar-refractivity contribution in [2.45, 2.75) is 26.2 Å². The Kier molecular flexibility index (Phi) is 6.39. The highest BCUT2D eigenvalue weighted by Crippen LogP contribution is 2.42. The number of aliphatic hydroxyl groups is 1. The van der Waals surface area contributed by atoms with Crippen molar-refractivity contribution < 1.29 is 9.90 Å². The number of anilines is 1. The number of aromatic amines is 1. The van der Waals surface area contributed by atoms with Gasteiger partial charge in [0.2, 0.25) is 5.95 Å². The summed E-state index contributed by atoms with van der Waals surface area (Å²) in [4.78, 5) is 25.8. The number of nitrogens with zero attached hydrogens (tertiary/aromatic N) is 3. The second-order valence-electron chi connectivity index (χ2n) is 9.18. The van der Waals surface area contributed by atoms with Crippen LogP contribution in [0.1, 0.15) is 42.3 Å². The molecule has 1 atom stereocenters. The predicted molar refractivity (Wildman–Crippen MR) is 136 cm³/mol. The number of carbonyl (C=O) groups excluding carboxylic acids is 1. The maximum absolute atomic E-state index is 12.7. The van der Waals surface area contributed by atoms with Crippen LogP contribution in [0.3, 0.4) is 0 Å². The van der Waals surface area contributed by atoms with E-state index in [9.17, 15) is 4.79 Å². The average Bonchev–Trinajstić information content (AvgIpc) is 3.27. The molecule has 7 nitrogen and oxygen atoms in total. The first-order chi connectivity index (χ1) is 16.3. The van der Waals surface area contributed by atoms with E-state index in [0.29, 0.717) is 18.0 Å². The number of hydrogen-bond acceptors (Lipinski definition) is 5. The maximum atomic E-state index is 12.7. The number of aliphatic hydroxyl groups excluding tert-OH is 1. The van der Waals surface area contributed by atoms with E-state index in [1.807, 2.05) is 18.2 Å². The summed E-state index contributed by atoms with van der Waals surface area (Å²) in [6, 6.07) is 14.3. The Bertz CT molecular complexity index is 1300. The van der Waals surface area contributed by atoms with Crippen molar-refractivity contribution in [1.29, 1.82) is 0 Å². The first-order valence-electron chi connectivity index (χ1n) is 11.4.